The van der Waals surface area contributed by atoms with Crippen LogP contribution in [0.15, 0.2) is 60.7 Å². The molecule has 1 heterocycles. The van der Waals surface area contributed by atoms with Gasteiger partial charge in [0.05, 0.1) is 37.7 Å². The molecule has 5 atom stereocenters. The molecule has 0 bridgehead atoms. The molecular weight excluding hydrogens is 1020 g/mol. The van der Waals surface area contributed by atoms with E-state index < -0.39 is 64.8 Å². The maximum atomic E-state index is 15.1. The van der Waals surface area contributed by atoms with Crippen molar-refractivity contribution in [2.75, 3.05) is 26.6 Å². The van der Waals surface area contributed by atoms with Crippen LogP contribution in [0.5, 0.6) is 11.5 Å². The fourth-order valence-corrected chi connectivity index (χ4v) is 12.4. The van der Waals surface area contributed by atoms with Crippen LogP contribution in [0.25, 0.3) is 0 Å². The van der Waals surface area contributed by atoms with E-state index in [1.54, 1.807) is 48.5 Å². The maximum absolute atomic E-state index is 15.1. The Morgan fingerprint density at radius 3 is 1.46 bits per heavy atom. The van der Waals surface area contributed by atoms with Gasteiger partial charge >= 0.3 is 13.8 Å². The smallest absolute Gasteiger partial charge is 0.457 e. The molecule has 1 fully saturated rings. The molecule has 1 aliphatic rings. The minimum atomic E-state index is -4.63. The molecule has 0 radical (unpaired) electrons. The van der Waals surface area contributed by atoms with Crippen molar-refractivity contribution in [3.63, 3.8) is 0 Å². The number of esters is 1. The first-order valence-corrected chi connectivity index (χ1v) is 36.8. The Kier molecular flexibility index (Phi) is 39.1. The Labute approximate surface area is 476 Å². The molecule has 12 nitrogen and oxygen atoms in total. The number of carbonyl (C=O) groups excluding carboxylic acids is 2. The van der Waals surface area contributed by atoms with Crippen LogP contribution in [-0.2, 0) is 37.6 Å². The summed E-state index contributed by atoms with van der Waals surface area (Å²) in [6, 6.07) is 17.2. The van der Waals surface area contributed by atoms with Crippen molar-refractivity contribution in [2.45, 2.75) is 289 Å². The first-order chi connectivity index (χ1) is 37.9. The van der Waals surface area contributed by atoms with Crippen LogP contribution in [0.2, 0.25) is 25.7 Å². The number of phosphoric ester groups is 1. The molecule has 0 aliphatic carbocycles. The first-order valence-electron chi connectivity index (χ1n) is 31.6. The highest BCUT2D eigenvalue weighted by Gasteiger charge is 2.50. The molecule has 3 rings (SSSR count). The third kappa shape index (κ3) is 33.2. The summed E-state index contributed by atoms with van der Waals surface area (Å²) in [5.74, 6) is -0.664. The molecule has 0 saturated carbocycles. The highest BCUT2D eigenvalue weighted by Crippen LogP contribution is 2.52. The Hall–Kier alpha value is -2.77. The molecule has 2 N–H and O–H groups in total. The monoisotopic (exact) mass is 1130 g/mol. The van der Waals surface area contributed by atoms with Crippen molar-refractivity contribution >= 4 is 27.8 Å². The lowest BCUT2D eigenvalue weighted by Gasteiger charge is -2.42. The molecule has 78 heavy (non-hydrogen) atoms. The Morgan fingerprint density at radius 2 is 1.04 bits per heavy atom. The van der Waals surface area contributed by atoms with Gasteiger partial charge in [-0.3, -0.25) is 14.1 Å². The molecule has 2 aromatic carbocycles. The van der Waals surface area contributed by atoms with Gasteiger partial charge in [0.25, 0.3) is 0 Å². The van der Waals surface area contributed by atoms with Gasteiger partial charge < -0.3 is 38.4 Å². The summed E-state index contributed by atoms with van der Waals surface area (Å²) in [7, 11) is -5.95. The Morgan fingerprint density at radius 1 is 0.615 bits per heavy atom. The number of nitrogens with one attached hydrogen (secondary N) is 1. The topological polar surface area (TPSA) is 148 Å². The number of rotatable bonds is 50. The van der Waals surface area contributed by atoms with Crippen LogP contribution in [0, 0.1) is 5.92 Å². The molecule has 14 heteroatoms. The van der Waals surface area contributed by atoms with Gasteiger partial charge in [0.15, 0.2) is 6.10 Å². The quantitative estimate of drug-likeness (QED) is 0.0214. The second-order valence-corrected chi connectivity index (χ2v) is 30.6. The summed E-state index contributed by atoms with van der Waals surface area (Å²) in [6.45, 7) is 13.7. The number of aliphatic hydroxyl groups is 1. The SMILES string of the molecule is CCCCCCCCCCCCC(CCCCCCCCCCCC)C(=O)O[C@H]1[C@H](OP(=O)(Oc2ccccc2)Oc2ccccc2)[C@@H](CO)OC[C@@H]1NC(=O)C[C@@H](CCCCCCCCCCC)OCOCC[Si](C)(C)C. The van der Waals surface area contributed by atoms with Crippen molar-refractivity contribution in [1.82, 2.24) is 5.32 Å². The van der Waals surface area contributed by atoms with E-state index in [2.05, 4.69) is 45.7 Å². The fraction of sp³-hybridized carbons (Fsp3) is 0.781. The van der Waals surface area contributed by atoms with E-state index in [-0.39, 0.29) is 37.2 Å². The Balaban J connectivity index is 1.90. The van der Waals surface area contributed by atoms with Gasteiger partial charge in [0.2, 0.25) is 5.91 Å². The van der Waals surface area contributed by atoms with Gasteiger partial charge in [-0.25, -0.2) is 4.57 Å². The molecule has 1 amide bonds. The largest absolute Gasteiger partial charge is 0.588 e. The zero-order chi connectivity index (χ0) is 56.4. The first kappa shape index (κ1) is 69.5. The highest BCUT2D eigenvalue weighted by atomic mass is 31.2. The lowest BCUT2D eigenvalue weighted by atomic mass is 9.93. The van der Waals surface area contributed by atoms with E-state index in [0.29, 0.717) is 25.9 Å². The number of unbranched alkanes of at least 4 members (excludes halogenated alkanes) is 26. The summed E-state index contributed by atoms with van der Waals surface area (Å²) < 4.78 is 58.9. The summed E-state index contributed by atoms with van der Waals surface area (Å²) >= 11 is 0. The molecule has 0 unspecified atom stereocenters. The molecule has 448 valence electrons. The number of phosphoric acid groups is 1. The van der Waals surface area contributed by atoms with Crippen molar-refractivity contribution < 1.29 is 51.8 Å². The number of benzene rings is 2. The van der Waals surface area contributed by atoms with Crippen molar-refractivity contribution in [3.8, 4) is 11.5 Å². The van der Waals surface area contributed by atoms with Crippen LogP contribution >= 0.6 is 7.82 Å². The summed E-state index contributed by atoms with van der Waals surface area (Å²) in [6.07, 6.45) is 32.5. The van der Waals surface area contributed by atoms with Crippen LogP contribution < -0.4 is 14.4 Å². The van der Waals surface area contributed by atoms with Crippen molar-refractivity contribution in [1.29, 1.82) is 0 Å². The Bertz CT molecular complexity index is 1740. The van der Waals surface area contributed by atoms with E-state index >= 15 is 4.57 Å². The zero-order valence-electron chi connectivity index (χ0n) is 50.1. The van der Waals surface area contributed by atoms with Crippen LogP contribution in [-0.4, -0.2) is 82.1 Å². The summed E-state index contributed by atoms with van der Waals surface area (Å²) in [4.78, 5) is 29.3. The third-order valence-corrected chi connectivity index (χ3v) is 18.2. The van der Waals surface area contributed by atoms with Gasteiger partial charge in [0.1, 0.15) is 30.5 Å². The minimum absolute atomic E-state index is 0.0490. The number of carbonyl (C=O) groups is 2. The number of hydrogen-bond donors (Lipinski definition) is 2. The van der Waals surface area contributed by atoms with Gasteiger partial charge in [-0.15, -0.1) is 0 Å². The molecule has 0 aromatic heterocycles. The number of ether oxygens (including phenoxy) is 4. The number of amides is 1. The van der Waals surface area contributed by atoms with E-state index in [4.69, 9.17) is 32.5 Å². The van der Waals surface area contributed by atoms with E-state index in [1.165, 1.54) is 128 Å². The van der Waals surface area contributed by atoms with Gasteiger partial charge in [-0.05, 0) is 49.6 Å². The second kappa shape index (κ2) is 43.9. The van der Waals surface area contributed by atoms with E-state index in [1.807, 2.05) is 12.1 Å². The fourth-order valence-electron chi connectivity index (χ4n) is 10.2. The number of para-hydroxylation sites is 2. The van der Waals surface area contributed by atoms with Crippen molar-refractivity contribution in [3.05, 3.63) is 60.7 Å². The van der Waals surface area contributed by atoms with Crippen LogP contribution in [0.3, 0.4) is 0 Å². The number of hydrogen-bond acceptors (Lipinski definition) is 11. The maximum Gasteiger partial charge on any atom is 0.588 e. The number of aliphatic hydroxyl groups excluding tert-OH is 1. The molecular formula is C64H112NO11PSi. The van der Waals surface area contributed by atoms with Gasteiger partial charge in [-0.1, -0.05) is 263 Å². The molecule has 0 spiro atoms. The predicted octanol–water partition coefficient (Wildman–Crippen LogP) is 17.7. The average molecular weight is 1130 g/mol. The van der Waals surface area contributed by atoms with Gasteiger partial charge in [0, 0.05) is 14.7 Å². The summed E-state index contributed by atoms with van der Waals surface area (Å²) in [5, 5.41) is 14.1. The van der Waals surface area contributed by atoms with Crippen molar-refractivity contribution in [2.24, 2.45) is 5.92 Å². The standard InChI is InChI=1S/C64H112NO11PSi/c1-7-10-13-16-19-22-25-27-30-35-42-55(43-36-31-28-26-23-20-17-14-11-8-2)64(68)73-62-59(65-61(67)51-58(72-54-70-49-50-78(4,5)6)48-37-32-29-24-21-18-15-12-9-3)53-71-60(52-66)63(62)76-77(69,74-56-44-38-33-39-45-56)75-57-46-40-34-41-47-57/h33-34,38-41,44-47,55,58-60,62-63,66H,7-32,35-37,42-43,48-54H2,1-6H3,(H,65,67)/t58-,59+,60-,62-,63-/m1/s1. The summed E-state index contributed by atoms with van der Waals surface area (Å²) in [5.41, 5.74) is 0. The zero-order valence-corrected chi connectivity index (χ0v) is 52.0. The molecule has 2 aromatic rings. The predicted molar refractivity (Wildman–Crippen MR) is 322 cm³/mol. The highest BCUT2D eigenvalue weighted by molar-refractivity contribution is 7.49. The third-order valence-electron chi connectivity index (χ3n) is 15.1. The van der Waals surface area contributed by atoms with Gasteiger partial charge in [-0.2, -0.15) is 0 Å². The lowest BCUT2D eigenvalue weighted by molar-refractivity contribution is -0.191. The van der Waals surface area contributed by atoms with Crippen LogP contribution in [0.1, 0.15) is 233 Å². The average Bonchev–Trinajstić information content (AvgIpc) is 3.42. The molecule has 1 aliphatic heterocycles. The van der Waals surface area contributed by atoms with E-state index in [0.717, 1.165) is 63.8 Å². The van der Waals surface area contributed by atoms with Crippen LogP contribution in [0.4, 0.5) is 0 Å². The minimum Gasteiger partial charge on any atom is -0.457 e. The molecule has 1 saturated heterocycles. The second-order valence-electron chi connectivity index (χ2n) is 23.5. The normalized spacial score (nSPS) is 17.3. The van der Waals surface area contributed by atoms with E-state index in [9.17, 15) is 14.7 Å². The lowest BCUT2D eigenvalue weighted by Crippen LogP contribution is -2.62.